The minimum Gasteiger partial charge on any atom is -0.475 e. The second-order valence-electron chi connectivity index (χ2n) is 2.65. The van der Waals surface area contributed by atoms with Crippen molar-refractivity contribution in [1.82, 2.24) is 5.32 Å². The lowest BCUT2D eigenvalue weighted by Gasteiger charge is -1.93. The number of carboxylic acids is 1. The quantitative estimate of drug-likeness (QED) is 0.637. The normalized spacial score (nSPS) is 13.7. The van der Waals surface area contributed by atoms with Crippen molar-refractivity contribution in [3.63, 3.8) is 0 Å². The predicted molar refractivity (Wildman–Crippen MR) is 52.4 cm³/mol. The second kappa shape index (κ2) is 6.36. The summed E-state index contributed by atoms with van der Waals surface area (Å²) in [4.78, 5) is 19.4. The lowest BCUT2D eigenvalue weighted by atomic mass is 10.2. The van der Waals surface area contributed by atoms with Gasteiger partial charge in [-0.3, -0.25) is 4.79 Å². The largest absolute Gasteiger partial charge is 0.490 e. The predicted octanol–water partition coefficient (Wildman–Crippen LogP) is 0.662. The van der Waals surface area contributed by atoms with Gasteiger partial charge < -0.3 is 16.2 Å². The summed E-state index contributed by atoms with van der Waals surface area (Å²) in [5.41, 5.74) is 5.49. The first kappa shape index (κ1) is 14.8. The van der Waals surface area contributed by atoms with E-state index in [1.807, 2.05) is 0 Å². The van der Waals surface area contributed by atoms with Gasteiger partial charge in [0, 0.05) is 12.4 Å². The Bertz CT molecular complexity index is 383. The maximum atomic E-state index is 10.6. The van der Waals surface area contributed by atoms with Crippen molar-refractivity contribution < 1.29 is 27.9 Å². The monoisotopic (exact) mass is 250 g/mol. The molecule has 0 aromatic carbocycles. The molecule has 1 amide bonds. The number of nitrogens with one attached hydrogen (secondary N) is 1. The van der Waals surface area contributed by atoms with Crippen molar-refractivity contribution in [3.8, 4) is 0 Å². The second-order valence-corrected chi connectivity index (χ2v) is 2.65. The van der Waals surface area contributed by atoms with Gasteiger partial charge in [0.2, 0.25) is 5.91 Å². The zero-order chi connectivity index (χ0) is 13.5. The van der Waals surface area contributed by atoms with Crippen LogP contribution in [0.4, 0.5) is 13.2 Å². The molecule has 0 saturated heterocycles. The number of nitrogens with two attached hydrogens (primary N) is 1. The van der Waals surface area contributed by atoms with E-state index in [9.17, 15) is 18.0 Å². The summed E-state index contributed by atoms with van der Waals surface area (Å²) in [7, 11) is 0. The summed E-state index contributed by atoms with van der Waals surface area (Å²) in [6.45, 7) is 0. The number of amides is 1. The Balaban J connectivity index is 0.000000325. The molecule has 0 unspecified atom stereocenters. The van der Waals surface area contributed by atoms with Gasteiger partial charge in [0.15, 0.2) is 0 Å². The van der Waals surface area contributed by atoms with Crippen LogP contribution >= 0.6 is 0 Å². The number of aliphatic carboxylic acids is 1. The van der Waals surface area contributed by atoms with Gasteiger partial charge in [-0.25, -0.2) is 4.79 Å². The Morgan fingerprint density at radius 1 is 1.29 bits per heavy atom. The highest BCUT2D eigenvalue weighted by atomic mass is 19.4. The maximum absolute atomic E-state index is 10.6. The Hall–Kier alpha value is -2.25. The number of carbonyl (C=O) groups is 2. The molecule has 4 N–H and O–H groups in total. The van der Waals surface area contributed by atoms with Gasteiger partial charge in [-0.05, 0) is 12.2 Å². The zero-order valence-electron chi connectivity index (χ0n) is 8.36. The highest BCUT2D eigenvalue weighted by Gasteiger charge is 2.38. The summed E-state index contributed by atoms with van der Waals surface area (Å²) < 4.78 is 31.7. The molecule has 5 nitrogen and oxygen atoms in total. The van der Waals surface area contributed by atoms with Gasteiger partial charge >= 0.3 is 12.1 Å². The van der Waals surface area contributed by atoms with E-state index in [1.54, 1.807) is 30.6 Å². The van der Waals surface area contributed by atoms with Crippen molar-refractivity contribution in [1.29, 1.82) is 0 Å². The third kappa shape index (κ3) is 6.77. The molecule has 0 bridgehead atoms. The van der Waals surface area contributed by atoms with Crippen LogP contribution < -0.4 is 11.1 Å². The minimum absolute atomic E-state index is 0.424. The Morgan fingerprint density at radius 2 is 1.82 bits per heavy atom. The average Bonchev–Trinajstić information content (AvgIpc) is 2.44. The molecule has 1 heterocycles. The highest BCUT2D eigenvalue weighted by molar-refractivity contribution is 5.94. The molecule has 0 saturated carbocycles. The first-order valence-electron chi connectivity index (χ1n) is 4.14. The van der Waals surface area contributed by atoms with Crippen LogP contribution in [0.15, 0.2) is 36.2 Å². The fourth-order valence-corrected chi connectivity index (χ4v) is 0.610. The van der Waals surface area contributed by atoms with E-state index in [-0.39, 0.29) is 0 Å². The molecule has 17 heavy (non-hydrogen) atoms. The molecule has 0 atom stereocenters. The fraction of sp³-hybridized carbons (Fsp3) is 0.111. The number of alkyl halides is 3. The summed E-state index contributed by atoms with van der Waals surface area (Å²) in [6.07, 6.45) is 3.37. The van der Waals surface area contributed by atoms with Gasteiger partial charge in [-0.15, -0.1) is 0 Å². The van der Waals surface area contributed by atoms with Crippen LogP contribution in [-0.4, -0.2) is 23.2 Å². The summed E-state index contributed by atoms with van der Waals surface area (Å²) in [6, 6.07) is 0. The Kier molecular flexibility index (Phi) is 5.52. The van der Waals surface area contributed by atoms with Crippen LogP contribution in [0.1, 0.15) is 0 Å². The van der Waals surface area contributed by atoms with Gasteiger partial charge in [-0.2, -0.15) is 13.2 Å². The first-order valence-corrected chi connectivity index (χ1v) is 4.14. The van der Waals surface area contributed by atoms with Gasteiger partial charge in [-0.1, -0.05) is 6.08 Å². The molecule has 0 radical (unpaired) electrons. The van der Waals surface area contributed by atoms with Crippen LogP contribution in [0, 0.1) is 0 Å². The lowest BCUT2D eigenvalue weighted by molar-refractivity contribution is -0.192. The van der Waals surface area contributed by atoms with E-state index in [0.29, 0.717) is 5.57 Å². The number of carbonyl (C=O) groups excluding carboxylic acids is 1. The van der Waals surface area contributed by atoms with Crippen LogP contribution in [0.5, 0.6) is 0 Å². The van der Waals surface area contributed by atoms with E-state index in [4.69, 9.17) is 15.6 Å². The molecular formula is C9H9F3N2O3. The molecule has 1 aliphatic rings. The summed E-state index contributed by atoms with van der Waals surface area (Å²) >= 11 is 0. The molecule has 1 rings (SSSR count). The minimum atomic E-state index is -5.08. The third-order valence-electron chi connectivity index (χ3n) is 1.35. The summed E-state index contributed by atoms with van der Waals surface area (Å²) in [5, 5.41) is 9.90. The smallest absolute Gasteiger partial charge is 0.475 e. The summed E-state index contributed by atoms with van der Waals surface area (Å²) in [5.74, 6) is -3.18. The number of rotatable bonds is 1. The molecule has 0 aromatic heterocycles. The van der Waals surface area contributed by atoms with Crippen molar-refractivity contribution >= 4 is 11.9 Å². The molecule has 0 fully saturated rings. The van der Waals surface area contributed by atoms with Crippen LogP contribution in [-0.2, 0) is 9.59 Å². The van der Waals surface area contributed by atoms with Crippen molar-refractivity contribution in [3.05, 3.63) is 36.2 Å². The van der Waals surface area contributed by atoms with Crippen LogP contribution in [0.3, 0.4) is 0 Å². The van der Waals surface area contributed by atoms with Gasteiger partial charge in [0.25, 0.3) is 0 Å². The zero-order valence-corrected chi connectivity index (χ0v) is 8.36. The number of carboxylic acid groups (broad SMARTS) is 1. The van der Waals surface area contributed by atoms with Gasteiger partial charge in [0.1, 0.15) is 0 Å². The van der Waals surface area contributed by atoms with E-state index >= 15 is 0 Å². The topological polar surface area (TPSA) is 92.4 Å². The van der Waals surface area contributed by atoms with Crippen LogP contribution in [0.25, 0.3) is 0 Å². The Morgan fingerprint density at radius 3 is 2.24 bits per heavy atom. The molecule has 0 aromatic rings. The maximum Gasteiger partial charge on any atom is 0.490 e. The molecule has 8 heteroatoms. The van der Waals surface area contributed by atoms with E-state index in [0.717, 1.165) is 0 Å². The molecule has 1 aliphatic heterocycles. The third-order valence-corrected chi connectivity index (χ3v) is 1.35. The molecule has 94 valence electrons. The van der Waals surface area contributed by atoms with Gasteiger partial charge in [0.05, 0.1) is 5.57 Å². The average molecular weight is 250 g/mol. The Labute approximate surface area is 94.1 Å². The standard InChI is InChI=1S/C7H8N2O.C2HF3O2/c8-7(10)6-3-1-2-4-9-5-6;3-2(4,5)1(6)7/h1-5,9H,(H2,8,10);(H,6,7). The molecule has 0 spiro atoms. The highest BCUT2D eigenvalue weighted by Crippen LogP contribution is 2.13. The van der Waals surface area contributed by atoms with Crippen molar-refractivity contribution in [2.24, 2.45) is 5.73 Å². The number of primary amides is 1. The fourth-order valence-electron chi connectivity index (χ4n) is 0.610. The first-order chi connectivity index (χ1) is 7.75. The number of hydrogen-bond donors (Lipinski definition) is 3. The number of allylic oxidation sites excluding steroid dienone is 2. The number of hydrogen-bond acceptors (Lipinski definition) is 3. The van der Waals surface area contributed by atoms with E-state index < -0.39 is 18.1 Å². The van der Waals surface area contributed by atoms with E-state index in [2.05, 4.69) is 5.32 Å². The SMILES string of the molecule is NC(=O)C1=CNC=CC=C1.O=C(O)C(F)(F)F. The molecule has 0 aliphatic carbocycles. The van der Waals surface area contributed by atoms with Crippen LogP contribution in [0.2, 0.25) is 0 Å². The van der Waals surface area contributed by atoms with E-state index in [1.165, 1.54) is 0 Å². The lowest BCUT2D eigenvalue weighted by Crippen LogP contribution is -2.21. The molecular weight excluding hydrogens is 241 g/mol. The van der Waals surface area contributed by atoms with Crippen molar-refractivity contribution in [2.75, 3.05) is 0 Å². The van der Waals surface area contributed by atoms with Crippen molar-refractivity contribution in [2.45, 2.75) is 6.18 Å². The number of halogens is 3.